The van der Waals surface area contributed by atoms with Gasteiger partial charge in [-0.1, -0.05) is 25.1 Å². The molecule has 144 valence electrons. The summed E-state index contributed by atoms with van der Waals surface area (Å²) in [7, 11) is 0. The second kappa shape index (κ2) is 7.89. The molecule has 1 unspecified atom stereocenters. The number of fused-ring (bicyclic) bond motifs is 1. The molecule has 4 rings (SSSR count). The number of aromatic nitrogens is 1. The van der Waals surface area contributed by atoms with Crippen LogP contribution in [0.25, 0.3) is 0 Å². The van der Waals surface area contributed by atoms with Gasteiger partial charge in [-0.05, 0) is 56.8 Å². The summed E-state index contributed by atoms with van der Waals surface area (Å²) in [4.78, 5) is 21.5. The van der Waals surface area contributed by atoms with E-state index in [-0.39, 0.29) is 5.92 Å². The van der Waals surface area contributed by atoms with Gasteiger partial charge in [0.05, 0.1) is 0 Å². The second-order valence-electron chi connectivity index (χ2n) is 7.99. The number of aromatic amines is 1. The number of anilines is 1. The lowest BCUT2D eigenvalue weighted by atomic mass is 9.82. The fraction of sp³-hybridized carbons (Fsp3) is 0.522. The molecule has 1 aliphatic heterocycles. The smallest absolute Gasteiger partial charge is 0.168 e. The van der Waals surface area contributed by atoms with Crippen LogP contribution in [-0.2, 0) is 12.8 Å². The van der Waals surface area contributed by atoms with Crippen LogP contribution in [0, 0.1) is 12.8 Å². The highest BCUT2D eigenvalue weighted by Crippen LogP contribution is 2.32. The van der Waals surface area contributed by atoms with Crippen molar-refractivity contribution in [3.05, 3.63) is 52.8 Å². The third-order valence-corrected chi connectivity index (χ3v) is 6.40. The maximum absolute atomic E-state index is 13.1. The molecule has 0 bridgehead atoms. The molecule has 1 aromatic heterocycles. The number of benzene rings is 1. The van der Waals surface area contributed by atoms with Crippen molar-refractivity contribution in [2.45, 2.75) is 39.5 Å². The molecule has 2 aliphatic rings. The van der Waals surface area contributed by atoms with Crippen molar-refractivity contribution in [3.8, 4) is 0 Å². The summed E-state index contributed by atoms with van der Waals surface area (Å²) in [6.45, 7) is 9.62. The van der Waals surface area contributed by atoms with Crippen molar-refractivity contribution in [3.63, 3.8) is 0 Å². The van der Waals surface area contributed by atoms with Gasteiger partial charge >= 0.3 is 0 Å². The topological polar surface area (TPSA) is 39.3 Å². The van der Waals surface area contributed by atoms with Crippen molar-refractivity contribution in [2.75, 3.05) is 37.6 Å². The summed E-state index contributed by atoms with van der Waals surface area (Å²) >= 11 is 0. The summed E-state index contributed by atoms with van der Waals surface area (Å²) in [5, 5.41) is 0. The standard InChI is InChI=1S/C23H31N3O/c1-3-20-17(2)24-21-10-9-18(23(27)22(20)21)11-12-25-13-15-26(16-14-25)19-7-5-4-6-8-19/h4-8,18,24H,3,9-16H2,1-2H3. The maximum Gasteiger partial charge on any atom is 0.168 e. The predicted molar refractivity (Wildman–Crippen MR) is 111 cm³/mol. The van der Waals surface area contributed by atoms with E-state index in [1.807, 2.05) is 0 Å². The highest BCUT2D eigenvalue weighted by molar-refractivity contribution is 6.01. The Hall–Kier alpha value is -2.07. The first-order valence-electron chi connectivity index (χ1n) is 10.4. The molecule has 1 atom stereocenters. The fourth-order valence-electron chi connectivity index (χ4n) is 4.80. The molecule has 0 amide bonds. The van der Waals surface area contributed by atoms with Crippen LogP contribution < -0.4 is 4.90 Å². The summed E-state index contributed by atoms with van der Waals surface area (Å²) in [5.41, 5.74) is 5.97. The normalized spacial score (nSPS) is 20.7. The molecular formula is C23H31N3O. The van der Waals surface area contributed by atoms with Crippen LogP contribution in [0.2, 0.25) is 0 Å². The first-order chi connectivity index (χ1) is 13.2. The van der Waals surface area contributed by atoms with Crippen molar-refractivity contribution in [1.82, 2.24) is 9.88 Å². The van der Waals surface area contributed by atoms with E-state index in [2.05, 4.69) is 59.0 Å². The number of carbonyl (C=O) groups is 1. The average Bonchev–Trinajstić information content (AvgIpc) is 3.04. The average molecular weight is 366 g/mol. The van der Waals surface area contributed by atoms with E-state index in [1.165, 1.54) is 22.6 Å². The predicted octanol–water partition coefficient (Wildman–Crippen LogP) is 3.84. The van der Waals surface area contributed by atoms with Crippen LogP contribution in [-0.4, -0.2) is 48.4 Å². The molecule has 1 aromatic carbocycles. The zero-order valence-electron chi connectivity index (χ0n) is 16.6. The molecule has 2 aromatic rings. The van der Waals surface area contributed by atoms with Crippen LogP contribution >= 0.6 is 0 Å². The third-order valence-electron chi connectivity index (χ3n) is 6.40. The lowest BCUT2D eigenvalue weighted by Gasteiger charge is -2.36. The molecule has 0 radical (unpaired) electrons. The summed E-state index contributed by atoms with van der Waals surface area (Å²) < 4.78 is 0. The van der Waals surface area contributed by atoms with Crippen LogP contribution in [0.3, 0.4) is 0 Å². The number of nitrogens with zero attached hydrogens (tertiary/aromatic N) is 2. The van der Waals surface area contributed by atoms with Gasteiger partial charge in [-0.2, -0.15) is 0 Å². The number of piperazine rings is 1. The zero-order chi connectivity index (χ0) is 18.8. The van der Waals surface area contributed by atoms with Crippen LogP contribution in [0.15, 0.2) is 30.3 Å². The fourth-order valence-corrected chi connectivity index (χ4v) is 4.80. The van der Waals surface area contributed by atoms with E-state index in [9.17, 15) is 4.79 Å². The van der Waals surface area contributed by atoms with E-state index >= 15 is 0 Å². The minimum atomic E-state index is 0.199. The Kier molecular flexibility index (Phi) is 5.35. The number of aryl methyl sites for hydroxylation is 2. The minimum Gasteiger partial charge on any atom is -0.369 e. The van der Waals surface area contributed by atoms with Gasteiger partial charge in [-0.15, -0.1) is 0 Å². The summed E-state index contributed by atoms with van der Waals surface area (Å²) in [5.74, 6) is 0.588. The highest BCUT2D eigenvalue weighted by Gasteiger charge is 2.31. The number of para-hydroxylation sites is 1. The van der Waals surface area contributed by atoms with Crippen molar-refractivity contribution in [1.29, 1.82) is 0 Å². The van der Waals surface area contributed by atoms with E-state index in [0.29, 0.717) is 5.78 Å². The number of Topliss-reactive ketones (excluding diaryl/α,β-unsaturated/α-hetero) is 1. The summed E-state index contributed by atoms with van der Waals surface area (Å²) in [6, 6.07) is 10.7. The Labute approximate surface area is 162 Å². The van der Waals surface area contributed by atoms with Crippen molar-refractivity contribution < 1.29 is 4.79 Å². The first-order valence-corrected chi connectivity index (χ1v) is 10.4. The van der Waals surface area contributed by atoms with Gasteiger partial charge in [-0.25, -0.2) is 0 Å². The molecule has 1 N–H and O–H groups in total. The highest BCUT2D eigenvalue weighted by atomic mass is 16.1. The second-order valence-corrected chi connectivity index (χ2v) is 7.99. The first kappa shape index (κ1) is 18.3. The largest absolute Gasteiger partial charge is 0.369 e. The molecule has 27 heavy (non-hydrogen) atoms. The minimum absolute atomic E-state index is 0.199. The molecule has 4 nitrogen and oxygen atoms in total. The lowest BCUT2D eigenvalue weighted by molar-refractivity contribution is 0.0880. The zero-order valence-corrected chi connectivity index (χ0v) is 16.6. The molecular weight excluding hydrogens is 334 g/mol. The molecule has 0 spiro atoms. The van der Waals surface area contributed by atoms with Gasteiger partial charge in [0.2, 0.25) is 0 Å². The monoisotopic (exact) mass is 365 g/mol. The quantitative estimate of drug-likeness (QED) is 0.875. The third kappa shape index (κ3) is 3.68. The molecule has 1 saturated heterocycles. The SMILES string of the molecule is CCc1c(C)[nH]c2c1C(=O)C(CCN1CCN(c3ccccc3)CC1)CC2. The van der Waals surface area contributed by atoms with Crippen LogP contribution in [0.4, 0.5) is 5.69 Å². The number of hydrogen-bond acceptors (Lipinski definition) is 3. The van der Waals surface area contributed by atoms with Gasteiger partial charge in [0.25, 0.3) is 0 Å². The van der Waals surface area contributed by atoms with Gasteiger partial charge in [-0.3, -0.25) is 9.69 Å². The van der Waals surface area contributed by atoms with E-state index in [1.54, 1.807) is 0 Å². The number of nitrogens with one attached hydrogen (secondary N) is 1. The lowest BCUT2D eigenvalue weighted by Crippen LogP contribution is -2.47. The molecule has 1 aliphatic carbocycles. The number of carbonyl (C=O) groups excluding carboxylic acids is 1. The van der Waals surface area contributed by atoms with Crippen LogP contribution in [0.1, 0.15) is 47.1 Å². The maximum atomic E-state index is 13.1. The number of H-pyrrole nitrogens is 1. The molecule has 1 fully saturated rings. The van der Waals surface area contributed by atoms with E-state index < -0.39 is 0 Å². The Morgan fingerprint density at radius 2 is 1.85 bits per heavy atom. The van der Waals surface area contributed by atoms with Gasteiger partial charge in [0.1, 0.15) is 0 Å². The van der Waals surface area contributed by atoms with Crippen molar-refractivity contribution >= 4 is 11.5 Å². The molecule has 4 heteroatoms. The number of rotatable bonds is 5. The number of ketones is 1. The number of hydrogen-bond donors (Lipinski definition) is 1. The van der Waals surface area contributed by atoms with Gasteiger partial charge in [0.15, 0.2) is 5.78 Å². The summed E-state index contributed by atoms with van der Waals surface area (Å²) in [6.07, 6.45) is 3.96. The van der Waals surface area contributed by atoms with E-state index in [0.717, 1.165) is 64.0 Å². The Morgan fingerprint density at radius 3 is 2.56 bits per heavy atom. The molecule has 2 heterocycles. The van der Waals surface area contributed by atoms with E-state index in [4.69, 9.17) is 0 Å². The Bertz CT molecular complexity index is 787. The van der Waals surface area contributed by atoms with Gasteiger partial charge < -0.3 is 9.88 Å². The Balaban J connectivity index is 1.32. The van der Waals surface area contributed by atoms with Crippen LogP contribution in [0.5, 0.6) is 0 Å². The molecule has 0 saturated carbocycles. The van der Waals surface area contributed by atoms with Gasteiger partial charge in [0, 0.05) is 54.7 Å². The van der Waals surface area contributed by atoms with Crippen molar-refractivity contribution in [2.24, 2.45) is 5.92 Å². The Morgan fingerprint density at radius 1 is 1.11 bits per heavy atom.